The van der Waals surface area contributed by atoms with E-state index in [1.54, 1.807) is 18.2 Å². The lowest BCUT2D eigenvalue weighted by atomic mass is 10.1. The lowest BCUT2D eigenvalue weighted by molar-refractivity contribution is 0.327. The molecule has 0 unspecified atom stereocenters. The maximum absolute atomic E-state index is 12.6. The van der Waals surface area contributed by atoms with E-state index in [2.05, 4.69) is 25.2 Å². The van der Waals surface area contributed by atoms with Gasteiger partial charge in [-0.2, -0.15) is 8.42 Å². The summed E-state index contributed by atoms with van der Waals surface area (Å²) in [5.74, 6) is 0.571. The predicted molar refractivity (Wildman–Crippen MR) is 120 cm³/mol. The first kappa shape index (κ1) is 21.7. The van der Waals surface area contributed by atoms with Gasteiger partial charge in [-0.1, -0.05) is 35.9 Å². The standard InChI is InChI=1S/C24H27NO4S/c1-5-28-24-15-20(16-25-22-8-6-7-18(3)19(22)4)11-14-23(24)29-30(26,27)21-12-9-17(2)10-13-21/h6-15,25H,5,16H2,1-4H3. The van der Waals surface area contributed by atoms with E-state index in [0.29, 0.717) is 18.9 Å². The Bertz CT molecular complexity index is 1120. The molecule has 0 amide bonds. The fourth-order valence-electron chi connectivity index (χ4n) is 3.01. The molecule has 3 aromatic rings. The largest absolute Gasteiger partial charge is 0.490 e. The molecule has 6 heteroatoms. The van der Waals surface area contributed by atoms with Crippen LogP contribution in [-0.4, -0.2) is 15.0 Å². The Morgan fingerprint density at radius 2 is 1.63 bits per heavy atom. The molecule has 0 atom stereocenters. The van der Waals surface area contributed by atoms with Gasteiger partial charge in [0, 0.05) is 12.2 Å². The second-order valence-corrected chi connectivity index (χ2v) is 8.71. The van der Waals surface area contributed by atoms with E-state index < -0.39 is 10.1 Å². The highest BCUT2D eigenvalue weighted by Crippen LogP contribution is 2.32. The summed E-state index contributed by atoms with van der Waals surface area (Å²) in [6.45, 7) is 8.88. The zero-order valence-corrected chi connectivity index (χ0v) is 18.5. The molecule has 3 aromatic carbocycles. The number of hydrogen-bond donors (Lipinski definition) is 1. The van der Waals surface area contributed by atoms with Gasteiger partial charge in [-0.15, -0.1) is 0 Å². The van der Waals surface area contributed by atoms with Crippen molar-refractivity contribution in [2.45, 2.75) is 39.1 Å². The van der Waals surface area contributed by atoms with Gasteiger partial charge in [0.05, 0.1) is 6.61 Å². The van der Waals surface area contributed by atoms with Gasteiger partial charge < -0.3 is 14.2 Å². The van der Waals surface area contributed by atoms with Gasteiger partial charge in [-0.05, 0) is 74.7 Å². The number of rotatable bonds is 8. The summed E-state index contributed by atoms with van der Waals surface area (Å²) in [5.41, 5.74) is 5.42. The summed E-state index contributed by atoms with van der Waals surface area (Å²) in [7, 11) is -3.95. The fourth-order valence-corrected chi connectivity index (χ4v) is 3.95. The van der Waals surface area contributed by atoms with Gasteiger partial charge in [0.25, 0.3) is 0 Å². The summed E-state index contributed by atoms with van der Waals surface area (Å²) in [6, 6.07) is 18.0. The summed E-state index contributed by atoms with van der Waals surface area (Å²) >= 11 is 0. The molecule has 3 rings (SSSR count). The van der Waals surface area contributed by atoms with Crippen LogP contribution in [0.2, 0.25) is 0 Å². The average molecular weight is 426 g/mol. The molecule has 0 bridgehead atoms. The Morgan fingerprint density at radius 3 is 2.33 bits per heavy atom. The van der Waals surface area contributed by atoms with Crippen molar-refractivity contribution in [3.05, 3.63) is 82.9 Å². The quantitative estimate of drug-likeness (QED) is 0.490. The van der Waals surface area contributed by atoms with E-state index in [9.17, 15) is 8.42 Å². The first-order valence-corrected chi connectivity index (χ1v) is 11.3. The number of ether oxygens (including phenoxy) is 1. The minimum Gasteiger partial charge on any atom is -0.490 e. The third kappa shape index (κ3) is 5.13. The van der Waals surface area contributed by atoms with Crippen molar-refractivity contribution in [2.75, 3.05) is 11.9 Å². The van der Waals surface area contributed by atoms with Crippen molar-refractivity contribution in [1.82, 2.24) is 0 Å². The van der Waals surface area contributed by atoms with E-state index in [-0.39, 0.29) is 10.6 Å². The molecule has 0 aliphatic carbocycles. The van der Waals surface area contributed by atoms with Crippen LogP contribution in [0.15, 0.2) is 65.6 Å². The Balaban J connectivity index is 1.81. The van der Waals surface area contributed by atoms with Gasteiger partial charge in [-0.3, -0.25) is 0 Å². The van der Waals surface area contributed by atoms with Crippen molar-refractivity contribution < 1.29 is 17.3 Å². The van der Waals surface area contributed by atoms with Crippen LogP contribution in [-0.2, 0) is 16.7 Å². The Morgan fingerprint density at radius 1 is 0.900 bits per heavy atom. The summed E-state index contributed by atoms with van der Waals surface area (Å²) in [6.07, 6.45) is 0. The van der Waals surface area contributed by atoms with E-state index in [0.717, 1.165) is 16.8 Å². The molecular weight excluding hydrogens is 398 g/mol. The van der Waals surface area contributed by atoms with Crippen LogP contribution in [0.25, 0.3) is 0 Å². The summed E-state index contributed by atoms with van der Waals surface area (Å²) in [4.78, 5) is 0.108. The zero-order chi connectivity index (χ0) is 21.7. The number of anilines is 1. The molecule has 30 heavy (non-hydrogen) atoms. The molecule has 0 heterocycles. The third-order valence-corrected chi connectivity index (χ3v) is 6.15. The second kappa shape index (κ2) is 9.22. The SMILES string of the molecule is CCOc1cc(CNc2cccc(C)c2C)ccc1OS(=O)(=O)c1ccc(C)cc1. The molecule has 0 fully saturated rings. The predicted octanol–water partition coefficient (Wildman–Crippen LogP) is 5.39. The molecule has 0 aromatic heterocycles. The topological polar surface area (TPSA) is 64.6 Å². The molecule has 5 nitrogen and oxygen atoms in total. The molecule has 0 saturated carbocycles. The van der Waals surface area contributed by atoms with Gasteiger partial charge in [0.15, 0.2) is 11.5 Å². The van der Waals surface area contributed by atoms with E-state index >= 15 is 0 Å². The lowest BCUT2D eigenvalue weighted by Gasteiger charge is -2.15. The molecule has 0 saturated heterocycles. The van der Waals surface area contributed by atoms with Crippen LogP contribution >= 0.6 is 0 Å². The van der Waals surface area contributed by atoms with Crippen molar-refractivity contribution in [1.29, 1.82) is 0 Å². The van der Waals surface area contributed by atoms with Crippen LogP contribution in [0.3, 0.4) is 0 Å². The maximum Gasteiger partial charge on any atom is 0.339 e. The van der Waals surface area contributed by atoms with Crippen LogP contribution in [0, 0.1) is 20.8 Å². The molecule has 0 aliphatic heterocycles. The molecule has 158 valence electrons. The molecule has 0 radical (unpaired) electrons. The van der Waals surface area contributed by atoms with Crippen molar-refractivity contribution >= 4 is 15.8 Å². The van der Waals surface area contributed by atoms with Gasteiger partial charge >= 0.3 is 10.1 Å². The number of hydrogen-bond acceptors (Lipinski definition) is 5. The fraction of sp³-hybridized carbons (Fsp3) is 0.250. The number of benzene rings is 3. The third-order valence-electron chi connectivity index (χ3n) is 4.90. The number of nitrogens with one attached hydrogen (secondary N) is 1. The highest BCUT2D eigenvalue weighted by atomic mass is 32.2. The van der Waals surface area contributed by atoms with Gasteiger partial charge in [-0.25, -0.2) is 0 Å². The van der Waals surface area contributed by atoms with E-state index in [4.69, 9.17) is 8.92 Å². The highest BCUT2D eigenvalue weighted by molar-refractivity contribution is 7.87. The van der Waals surface area contributed by atoms with Crippen LogP contribution in [0.5, 0.6) is 11.5 Å². The number of aryl methyl sites for hydroxylation is 2. The zero-order valence-electron chi connectivity index (χ0n) is 17.7. The van der Waals surface area contributed by atoms with Crippen molar-refractivity contribution in [3.63, 3.8) is 0 Å². The van der Waals surface area contributed by atoms with Crippen LogP contribution < -0.4 is 14.2 Å². The Kier molecular flexibility index (Phi) is 6.67. The van der Waals surface area contributed by atoms with Crippen molar-refractivity contribution in [2.24, 2.45) is 0 Å². The molecular formula is C24H27NO4S. The molecule has 1 N–H and O–H groups in total. The van der Waals surface area contributed by atoms with Gasteiger partial charge in [0.1, 0.15) is 4.90 Å². The first-order valence-electron chi connectivity index (χ1n) is 9.87. The van der Waals surface area contributed by atoms with Crippen LogP contribution in [0.4, 0.5) is 5.69 Å². The average Bonchev–Trinajstić information content (AvgIpc) is 2.71. The van der Waals surface area contributed by atoms with Crippen molar-refractivity contribution in [3.8, 4) is 11.5 Å². The normalized spacial score (nSPS) is 11.2. The van der Waals surface area contributed by atoms with E-state index in [1.807, 2.05) is 38.1 Å². The molecule has 0 aliphatic rings. The first-order chi connectivity index (χ1) is 14.3. The lowest BCUT2D eigenvalue weighted by Crippen LogP contribution is -2.11. The van der Waals surface area contributed by atoms with Crippen LogP contribution in [0.1, 0.15) is 29.2 Å². The summed E-state index contributed by atoms with van der Waals surface area (Å²) < 4.78 is 36.3. The van der Waals surface area contributed by atoms with E-state index in [1.165, 1.54) is 23.3 Å². The molecule has 0 spiro atoms. The minimum absolute atomic E-state index is 0.108. The van der Waals surface area contributed by atoms with Gasteiger partial charge in [0.2, 0.25) is 0 Å². The smallest absolute Gasteiger partial charge is 0.339 e. The Labute approximate surface area is 178 Å². The monoisotopic (exact) mass is 425 g/mol. The minimum atomic E-state index is -3.95. The highest BCUT2D eigenvalue weighted by Gasteiger charge is 2.19. The summed E-state index contributed by atoms with van der Waals surface area (Å²) in [5, 5.41) is 3.42. The maximum atomic E-state index is 12.6. The second-order valence-electron chi connectivity index (χ2n) is 7.17. The Hall–Kier alpha value is -2.99.